The second-order valence-corrected chi connectivity index (χ2v) is 6.84. The van der Waals surface area contributed by atoms with Crippen molar-refractivity contribution in [3.05, 3.63) is 42.6 Å². The van der Waals surface area contributed by atoms with Gasteiger partial charge in [0.2, 0.25) is 0 Å². The Morgan fingerprint density at radius 2 is 2.07 bits per heavy atom. The molecule has 3 heterocycles. The van der Waals surface area contributed by atoms with E-state index in [0.29, 0.717) is 13.1 Å². The van der Waals surface area contributed by atoms with E-state index in [0.717, 1.165) is 37.0 Å². The molecule has 0 radical (unpaired) electrons. The summed E-state index contributed by atoms with van der Waals surface area (Å²) >= 11 is 0. The zero-order chi connectivity index (χ0) is 19.2. The molecular weight excluding hydrogens is 347 g/mol. The first-order valence-corrected chi connectivity index (χ1v) is 9.08. The first kappa shape index (κ1) is 18.9. The van der Waals surface area contributed by atoms with Crippen molar-refractivity contribution in [1.29, 1.82) is 0 Å². The number of hydrogen-bond acceptors (Lipinski definition) is 5. The van der Waals surface area contributed by atoms with Gasteiger partial charge in [0.1, 0.15) is 5.82 Å². The van der Waals surface area contributed by atoms with Crippen LogP contribution in [0, 0.1) is 5.82 Å². The summed E-state index contributed by atoms with van der Waals surface area (Å²) in [6, 6.07) is 5.44. The van der Waals surface area contributed by atoms with Crippen molar-refractivity contribution in [2.24, 2.45) is 0 Å². The number of likely N-dealkylation sites (tertiary alicyclic amines) is 1. The highest BCUT2D eigenvalue weighted by atomic mass is 19.1. The minimum absolute atomic E-state index is 0.154. The summed E-state index contributed by atoms with van der Waals surface area (Å²) in [5, 5.41) is 6.12. The molecule has 2 aromatic rings. The summed E-state index contributed by atoms with van der Waals surface area (Å²) in [6.07, 6.45) is 7.04. The van der Waals surface area contributed by atoms with Gasteiger partial charge < -0.3 is 20.4 Å². The van der Waals surface area contributed by atoms with E-state index in [1.807, 2.05) is 37.3 Å². The molecular formula is C19H25FN6O. The molecule has 0 aliphatic carbocycles. The van der Waals surface area contributed by atoms with E-state index >= 15 is 0 Å². The first-order chi connectivity index (χ1) is 13.0. The van der Waals surface area contributed by atoms with Gasteiger partial charge in [-0.15, -0.1) is 0 Å². The fourth-order valence-corrected chi connectivity index (χ4v) is 3.09. The number of carbonyl (C=O) groups excluding carboxylic acids is 1. The molecule has 2 aromatic heterocycles. The third-order valence-corrected chi connectivity index (χ3v) is 4.61. The molecule has 1 aliphatic rings. The van der Waals surface area contributed by atoms with Crippen LogP contribution in [0.1, 0.15) is 19.3 Å². The second kappa shape index (κ2) is 8.66. The van der Waals surface area contributed by atoms with Gasteiger partial charge in [0.05, 0.1) is 23.8 Å². The first-order valence-electron chi connectivity index (χ1n) is 9.08. The number of urea groups is 1. The highest BCUT2D eigenvalue weighted by Crippen LogP contribution is 2.19. The summed E-state index contributed by atoms with van der Waals surface area (Å²) in [7, 11) is 3.91. The Labute approximate surface area is 158 Å². The van der Waals surface area contributed by atoms with Crippen LogP contribution in [0.5, 0.6) is 0 Å². The topological polar surface area (TPSA) is 73.4 Å². The minimum atomic E-state index is -0.533. The van der Waals surface area contributed by atoms with E-state index < -0.39 is 5.82 Å². The summed E-state index contributed by atoms with van der Waals surface area (Å²) in [5.41, 5.74) is 1.13. The predicted octanol–water partition coefficient (Wildman–Crippen LogP) is 3.18. The highest BCUT2D eigenvalue weighted by molar-refractivity contribution is 5.89. The molecule has 1 unspecified atom stereocenters. The quantitative estimate of drug-likeness (QED) is 0.862. The fourth-order valence-electron chi connectivity index (χ4n) is 3.09. The van der Waals surface area contributed by atoms with Crippen molar-refractivity contribution in [2.45, 2.75) is 25.3 Å². The van der Waals surface area contributed by atoms with Crippen LogP contribution in [-0.4, -0.2) is 54.1 Å². The van der Waals surface area contributed by atoms with E-state index in [1.54, 1.807) is 4.90 Å². The summed E-state index contributed by atoms with van der Waals surface area (Å²) in [4.78, 5) is 24.2. The lowest BCUT2D eigenvalue weighted by atomic mass is 10.1. The summed E-state index contributed by atoms with van der Waals surface area (Å²) in [6.45, 7) is 1.26. The van der Waals surface area contributed by atoms with Gasteiger partial charge in [0, 0.05) is 39.4 Å². The molecule has 2 N–H and O–H groups in total. The number of amides is 2. The van der Waals surface area contributed by atoms with Crippen molar-refractivity contribution >= 4 is 23.2 Å². The standard InChI is InChI=1S/C19H25FN6O/c1-25(2)18-6-5-15(12-22-18)23-14-4-3-10-26(11-8-14)19(27)24-17-7-9-21-13-16(17)20/h5-7,9,12-14,23H,3-4,8,10-11H2,1-2H3,(H,21,24,27). The normalized spacial score (nSPS) is 17.1. The van der Waals surface area contributed by atoms with Gasteiger partial charge in [-0.2, -0.15) is 0 Å². The van der Waals surface area contributed by atoms with Crippen molar-refractivity contribution in [2.75, 3.05) is 42.7 Å². The minimum Gasteiger partial charge on any atom is -0.381 e. The third kappa shape index (κ3) is 5.06. The molecule has 0 spiro atoms. The maximum atomic E-state index is 13.7. The fraction of sp³-hybridized carbons (Fsp3) is 0.421. The molecule has 27 heavy (non-hydrogen) atoms. The number of hydrogen-bond donors (Lipinski definition) is 2. The highest BCUT2D eigenvalue weighted by Gasteiger charge is 2.21. The SMILES string of the molecule is CN(C)c1ccc(NC2CCCN(C(=O)Nc3ccncc3F)CC2)cn1. The van der Waals surface area contributed by atoms with Gasteiger partial charge >= 0.3 is 6.03 Å². The zero-order valence-corrected chi connectivity index (χ0v) is 15.7. The number of halogens is 1. The summed E-state index contributed by atoms with van der Waals surface area (Å²) in [5.74, 6) is 0.376. The number of carbonyl (C=O) groups is 1. The van der Waals surface area contributed by atoms with Crippen LogP contribution in [0.2, 0.25) is 0 Å². The average molecular weight is 372 g/mol. The monoisotopic (exact) mass is 372 g/mol. The Morgan fingerprint density at radius 3 is 2.78 bits per heavy atom. The van der Waals surface area contributed by atoms with Gasteiger partial charge in [0.15, 0.2) is 5.82 Å². The maximum Gasteiger partial charge on any atom is 0.321 e. The molecule has 1 fully saturated rings. The molecule has 1 atom stereocenters. The maximum absolute atomic E-state index is 13.7. The number of aromatic nitrogens is 2. The lowest BCUT2D eigenvalue weighted by molar-refractivity contribution is 0.213. The molecule has 144 valence electrons. The molecule has 1 saturated heterocycles. The lowest BCUT2D eigenvalue weighted by Crippen LogP contribution is -2.36. The second-order valence-electron chi connectivity index (χ2n) is 6.84. The Balaban J connectivity index is 1.54. The number of rotatable bonds is 4. The number of anilines is 3. The number of nitrogens with zero attached hydrogens (tertiary/aromatic N) is 4. The van der Waals surface area contributed by atoms with E-state index in [2.05, 4.69) is 20.6 Å². The lowest BCUT2D eigenvalue weighted by Gasteiger charge is -2.22. The molecule has 8 heteroatoms. The van der Waals surface area contributed by atoms with Crippen molar-refractivity contribution in [3.63, 3.8) is 0 Å². The number of pyridine rings is 2. The van der Waals surface area contributed by atoms with Gasteiger partial charge in [-0.1, -0.05) is 0 Å². The molecule has 3 rings (SSSR count). The third-order valence-electron chi connectivity index (χ3n) is 4.61. The van der Waals surface area contributed by atoms with Crippen LogP contribution in [0.4, 0.5) is 26.4 Å². The van der Waals surface area contributed by atoms with Gasteiger partial charge in [-0.05, 0) is 37.5 Å². The van der Waals surface area contributed by atoms with E-state index in [-0.39, 0.29) is 17.8 Å². The van der Waals surface area contributed by atoms with Gasteiger partial charge in [-0.3, -0.25) is 4.98 Å². The molecule has 0 aromatic carbocycles. The van der Waals surface area contributed by atoms with Crippen LogP contribution in [0.15, 0.2) is 36.8 Å². The zero-order valence-electron chi connectivity index (χ0n) is 15.7. The average Bonchev–Trinajstić information content (AvgIpc) is 2.90. The van der Waals surface area contributed by atoms with Crippen LogP contribution >= 0.6 is 0 Å². The Kier molecular flexibility index (Phi) is 6.05. The van der Waals surface area contributed by atoms with Crippen LogP contribution in [0.3, 0.4) is 0 Å². The molecule has 2 amide bonds. The molecule has 1 aliphatic heterocycles. The Morgan fingerprint density at radius 1 is 1.22 bits per heavy atom. The number of nitrogens with one attached hydrogen (secondary N) is 2. The van der Waals surface area contributed by atoms with Crippen molar-refractivity contribution in [1.82, 2.24) is 14.9 Å². The van der Waals surface area contributed by atoms with Gasteiger partial charge in [0.25, 0.3) is 0 Å². The van der Waals surface area contributed by atoms with Crippen LogP contribution < -0.4 is 15.5 Å². The molecule has 7 nitrogen and oxygen atoms in total. The molecule has 0 saturated carbocycles. The van der Waals surface area contributed by atoms with Crippen molar-refractivity contribution in [3.8, 4) is 0 Å². The van der Waals surface area contributed by atoms with Crippen molar-refractivity contribution < 1.29 is 9.18 Å². The predicted molar refractivity (Wildman–Crippen MR) is 105 cm³/mol. The molecule has 0 bridgehead atoms. The smallest absolute Gasteiger partial charge is 0.321 e. The van der Waals surface area contributed by atoms with Gasteiger partial charge in [-0.25, -0.2) is 14.2 Å². The largest absolute Gasteiger partial charge is 0.381 e. The van der Waals surface area contributed by atoms with Crippen LogP contribution in [0.25, 0.3) is 0 Å². The summed E-state index contributed by atoms with van der Waals surface area (Å²) < 4.78 is 13.7. The van der Waals surface area contributed by atoms with E-state index in [9.17, 15) is 9.18 Å². The Bertz CT molecular complexity index is 767. The van der Waals surface area contributed by atoms with E-state index in [4.69, 9.17) is 0 Å². The Hall–Kier alpha value is -2.90. The van der Waals surface area contributed by atoms with E-state index in [1.165, 1.54) is 12.3 Å². The van der Waals surface area contributed by atoms with Crippen LogP contribution in [-0.2, 0) is 0 Å².